The van der Waals surface area contributed by atoms with E-state index in [9.17, 15) is 0 Å². The third kappa shape index (κ3) is 1.57. The Kier molecular flexibility index (Phi) is 2.59. The van der Waals surface area contributed by atoms with Crippen LogP contribution in [-0.4, -0.2) is 33.5 Å². The van der Waals surface area contributed by atoms with Crippen LogP contribution in [0.1, 0.15) is 38.8 Å². The topological polar surface area (TPSA) is 31.9 Å². The lowest BCUT2D eigenvalue weighted by molar-refractivity contribution is 0.208. The summed E-state index contributed by atoms with van der Waals surface area (Å²) in [4.78, 5) is 9.89. The Balaban J connectivity index is 2.11. The molecule has 1 aliphatic heterocycles. The van der Waals surface area contributed by atoms with Gasteiger partial charge in [-0.1, -0.05) is 0 Å². The van der Waals surface area contributed by atoms with E-state index in [1.807, 2.05) is 6.20 Å². The van der Waals surface area contributed by atoms with Crippen LogP contribution in [-0.2, 0) is 0 Å². The van der Waals surface area contributed by atoms with Crippen LogP contribution in [0.4, 0.5) is 0 Å². The van der Waals surface area contributed by atoms with E-state index in [0.29, 0.717) is 18.0 Å². The molecule has 2 rings (SSSR count). The first-order chi connectivity index (χ1) is 6.70. The van der Waals surface area contributed by atoms with Crippen molar-refractivity contribution in [1.29, 1.82) is 0 Å². The predicted octanol–water partition coefficient (Wildman–Crippen LogP) is 2.00. The quantitative estimate of drug-likeness (QED) is 0.779. The lowest BCUT2D eigenvalue weighted by Crippen LogP contribution is -2.35. The second kappa shape index (κ2) is 3.73. The van der Waals surface area contributed by atoms with Crippen molar-refractivity contribution in [3.63, 3.8) is 0 Å². The highest BCUT2D eigenvalue weighted by Gasteiger charge is 2.33. The summed E-state index contributed by atoms with van der Waals surface area (Å²) < 4.78 is 0. The Morgan fingerprint density at radius 3 is 2.86 bits per heavy atom. The van der Waals surface area contributed by atoms with Gasteiger partial charge in [-0.25, -0.2) is 4.98 Å². The van der Waals surface area contributed by atoms with Crippen LogP contribution in [0.2, 0.25) is 0 Å². The number of H-pyrrole nitrogens is 1. The van der Waals surface area contributed by atoms with Gasteiger partial charge in [-0.2, -0.15) is 0 Å². The molecule has 0 bridgehead atoms. The Labute approximate surface area is 85.5 Å². The summed E-state index contributed by atoms with van der Waals surface area (Å²) in [5.74, 6) is 0.639. The van der Waals surface area contributed by atoms with Crippen molar-refractivity contribution in [1.82, 2.24) is 14.9 Å². The maximum Gasteiger partial charge on any atom is 0.0921 e. The van der Waals surface area contributed by atoms with Crippen LogP contribution < -0.4 is 0 Å². The van der Waals surface area contributed by atoms with Gasteiger partial charge < -0.3 is 4.98 Å². The molecule has 0 aliphatic carbocycles. The highest BCUT2D eigenvalue weighted by atomic mass is 15.2. The van der Waals surface area contributed by atoms with Crippen LogP contribution in [0.15, 0.2) is 12.5 Å². The summed E-state index contributed by atoms with van der Waals surface area (Å²) >= 11 is 0. The molecular weight excluding hydrogens is 174 g/mol. The Morgan fingerprint density at radius 2 is 2.36 bits per heavy atom. The molecule has 0 spiro atoms. The fourth-order valence-corrected chi connectivity index (χ4v) is 2.58. The molecule has 0 saturated carbocycles. The number of likely N-dealkylation sites (tertiary alicyclic amines) is 1. The number of hydrogen-bond donors (Lipinski definition) is 1. The molecule has 0 radical (unpaired) electrons. The second-order valence-corrected chi connectivity index (χ2v) is 4.47. The zero-order chi connectivity index (χ0) is 10.1. The highest BCUT2D eigenvalue weighted by Crippen LogP contribution is 2.32. The third-order valence-corrected chi connectivity index (χ3v) is 3.39. The van der Waals surface area contributed by atoms with E-state index in [4.69, 9.17) is 0 Å². The van der Waals surface area contributed by atoms with Crippen molar-refractivity contribution >= 4 is 0 Å². The van der Waals surface area contributed by atoms with Crippen LogP contribution in [0.5, 0.6) is 0 Å². The van der Waals surface area contributed by atoms with Crippen LogP contribution in [0.3, 0.4) is 0 Å². The van der Waals surface area contributed by atoms with Gasteiger partial charge in [0.05, 0.1) is 6.33 Å². The molecule has 0 aromatic carbocycles. The van der Waals surface area contributed by atoms with Gasteiger partial charge in [-0.3, -0.25) is 4.90 Å². The van der Waals surface area contributed by atoms with Crippen molar-refractivity contribution in [3.05, 3.63) is 18.2 Å². The minimum atomic E-state index is 0.635. The predicted molar refractivity (Wildman–Crippen MR) is 57.2 cm³/mol. The molecule has 3 nitrogen and oxygen atoms in total. The summed E-state index contributed by atoms with van der Waals surface area (Å²) in [6.07, 6.45) is 4.99. The van der Waals surface area contributed by atoms with Crippen LogP contribution in [0.25, 0.3) is 0 Å². The maximum atomic E-state index is 4.10. The molecule has 1 fully saturated rings. The summed E-state index contributed by atoms with van der Waals surface area (Å²) in [5, 5.41) is 0. The van der Waals surface area contributed by atoms with Gasteiger partial charge in [0.2, 0.25) is 0 Å². The van der Waals surface area contributed by atoms with Crippen molar-refractivity contribution in [2.45, 2.75) is 45.2 Å². The number of rotatable bonds is 2. The molecule has 78 valence electrons. The van der Waals surface area contributed by atoms with Crippen molar-refractivity contribution in [2.24, 2.45) is 0 Å². The zero-order valence-corrected chi connectivity index (χ0v) is 9.20. The summed E-state index contributed by atoms with van der Waals surface area (Å²) in [6.45, 7) is 8.07. The average Bonchev–Trinajstić information content (AvgIpc) is 2.71. The molecule has 2 unspecified atom stereocenters. The van der Waals surface area contributed by atoms with Gasteiger partial charge >= 0.3 is 0 Å². The van der Waals surface area contributed by atoms with E-state index >= 15 is 0 Å². The lowest BCUT2D eigenvalue weighted by Gasteiger charge is -2.27. The first kappa shape index (κ1) is 9.71. The minimum absolute atomic E-state index is 0.635. The molecular formula is C11H19N3. The van der Waals surface area contributed by atoms with Gasteiger partial charge in [-0.05, 0) is 33.7 Å². The molecule has 3 heteroatoms. The molecule has 2 atom stereocenters. The molecule has 1 saturated heterocycles. The molecule has 2 heterocycles. The molecule has 1 aliphatic rings. The Morgan fingerprint density at radius 1 is 1.57 bits per heavy atom. The molecule has 1 N–H and O–H groups in total. The monoisotopic (exact) mass is 193 g/mol. The summed E-state index contributed by atoms with van der Waals surface area (Å²) in [7, 11) is 0. The lowest BCUT2D eigenvalue weighted by atomic mass is 9.98. The van der Waals surface area contributed by atoms with E-state index in [1.165, 1.54) is 18.7 Å². The van der Waals surface area contributed by atoms with E-state index in [1.54, 1.807) is 6.33 Å². The average molecular weight is 193 g/mol. The van der Waals surface area contributed by atoms with Gasteiger partial charge in [0, 0.05) is 29.9 Å². The van der Waals surface area contributed by atoms with Crippen molar-refractivity contribution < 1.29 is 0 Å². The molecule has 14 heavy (non-hydrogen) atoms. The van der Waals surface area contributed by atoms with Gasteiger partial charge in [-0.15, -0.1) is 0 Å². The minimum Gasteiger partial charge on any atom is -0.348 e. The van der Waals surface area contributed by atoms with Crippen molar-refractivity contribution in [2.75, 3.05) is 6.54 Å². The first-order valence-corrected chi connectivity index (χ1v) is 5.44. The smallest absolute Gasteiger partial charge is 0.0921 e. The second-order valence-electron chi connectivity index (χ2n) is 4.47. The summed E-state index contributed by atoms with van der Waals surface area (Å²) in [6, 6.07) is 1.29. The molecule has 0 amide bonds. The van der Waals surface area contributed by atoms with Crippen molar-refractivity contribution in [3.8, 4) is 0 Å². The van der Waals surface area contributed by atoms with E-state index in [0.717, 1.165) is 0 Å². The third-order valence-electron chi connectivity index (χ3n) is 3.39. The first-order valence-electron chi connectivity index (χ1n) is 5.44. The normalized spacial score (nSPS) is 28.9. The Hall–Kier alpha value is -0.830. The number of imidazole rings is 1. The SMILES string of the molecule is CC(C)N1CCC(c2cnc[nH]2)C1C. The van der Waals surface area contributed by atoms with Gasteiger partial charge in [0.1, 0.15) is 0 Å². The van der Waals surface area contributed by atoms with Crippen LogP contribution in [0, 0.1) is 0 Å². The summed E-state index contributed by atoms with van der Waals surface area (Å²) in [5.41, 5.74) is 1.29. The number of nitrogens with zero attached hydrogens (tertiary/aromatic N) is 2. The fourth-order valence-electron chi connectivity index (χ4n) is 2.58. The van der Waals surface area contributed by atoms with Gasteiger partial charge in [0.25, 0.3) is 0 Å². The van der Waals surface area contributed by atoms with Gasteiger partial charge in [0.15, 0.2) is 0 Å². The number of hydrogen-bond acceptors (Lipinski definition) is 2. The largest absolute Gasteiger partial charge is 0.348 e. The molecule has 1 aromatic heterocycles. The number of nitrogens with one attached hydrogen (secondary N) is 1. The maximum absolute atomic E-state index is 4.10. The van der Waals surface area contributed by atoms with E-state index in [-0.39, 0.29) is 0 Å². The van der Waals surface area contributed by atoms with E-state index < -0.39 is 0 Å². The standard InChI is InChI=1S/C11H19N3/c1-8(2)14-5-4-10(9(14)3)11-6-12-7-13-11/h6-10H,4-5H2,1-3H3,(H,12,13). The highest BCUT2D eigenvalue weighted by molar-refractivity contribution is 5.10. The number of aromatic nitrogens is 2. The van der Waals surface area contributed by atoms with Crippen LogP contribution >= 0.6 is 0 Å². The van der Waals surface area contributed by atoms with E-state index in [2.05, 4.69) is 35.6 Å². The Bertz CT molecular complexity index is 279. The molecule has 1 aromatic rings. The zero-order valence-electron chi connectivity index (χ0n) is 9.20. The number of aromatic amines is 1. The fraction of sp³-hybridized carbons (Fsp3) is 0.727.